The number of aliphatic hydroxyl groups excluding tert-OH is 2. The van der Waals surface area contributed by atoms with Gasteiger partial charge in [0.15, 0.2) is 0 Å². The third-order valence-electron chi connectivity index (χ3n) is 7.46. The Morgan fingerprint density at radius 3 is 2.49 bits per heavy atom. The second-order valence-electron chi connectivity index (χ2n) is 10.9. The van der Waals surface area contributed by atoms with E-state index >= 15 is 0 Å². The summed E-state index contributed by atoms with van der Waals surface area (Å²) in [6, 6.07) is 0. The van der Waals surface area contributed by atoms with Gasteiger partial charge in [0.25, 0.3) is 0 Å². The van der Waals surface area contributed by atoms with Crippen molar-refractivity contribution in [2.75, 3.05) is 0 Å². The van der Waals surface area contributed by atoms with E-state index in [9.17, 15) is 19.8 Å². The van der Waals surface area contributed by atoms with Crippen LogP contribution in [0.25, 0.3) is 6.08 Å². The monoisotopic (exact) mass is 548 g/mol. The maximum absolute atomic E-state index is 13.3. The molecule has 3 rings (SSSR count). The number of aryl methyl sites for hydroxylation is 3. The first-order valence-corrected chi connectivity index (χ1v) is 14.6. The van der Waals surface area contributed by atoms with E-state index in [4.69, 9.17) is 9.72 Å². The molecule has 2 aromatic rings. The average Bonchev–Trinajstić information content (AvgIpc) is 3.40. The Balaban J connectivity index is 1.97. The minimum absolute atomic E-state index is 0.0903. The van der Waals surface area contributed by atoms with E-state index in [0.29, 0.717) is 6.42 Å². The highest BCUT2D eigenvalue weighted by Gasteiger charge is 2.42. The first kappa shape index (κ1) is 29.6. The number of ether oxygens (including phenoxy) is 1. The van der Waals surface area contributed by atoms with Crippen LogP contribution in [0.3, 0.4) is 0 Å². The summed E-state index contributed by atoms with van der Waals surface area (Å²) in [5.74, 6) is -1.59. The zero-order chi connectivity index (χ0) is 27.5. The highest BCUT2D eigenvalue weighted by molar-refractivity contribution is 7.11. The molecular weight excluding hydrogens is 508 g/mol. The summed E-state index contributed by atoms with van der Waals surface area (Å²) in [5.41, 5.74) is 1.44. The molecule has 0 unspecified atom stereocenters. The van der Waals surface area contributed by atoms with Gasteiger partial charge in [0.2, 0.25) is 0 Å². The maximum Gasteiger partial charge on any atom is 0.309 e. The number of ketones is 1. The third-order valence-corrected chi connectivity index (χ3v) is 9.29. The Kier molecular flexibility index (Phi) is 9.83. The van der Waals surface area contributed by atoms with Gasteiger partial charge in [0.1, 0.15) is 11.9 Å². The van der Waals surface area contributed by atoms with Gasteiger partial charge >= 0.3 is 5.97 Å². The summed E-state index contributed by atoms with van der Waals surface area (Å²) < 4.78 is 5.95. The highest BCUT2D eigenvalue weighted by atomic mass is 32.1. The molecule has 2 N–H and O–H groups in total. The predicted octanol–water partition coefficient (Wildman–Crippen LogP) is 5.09. The molecule has 0 radical (unpaired) electrons. The first-order chi connectivity index (χ1) is 17.3. The second kappa shape index (κ2) is 12.3. The number of carbonyl (C=O) groups is 2. The minimum Gasteiger partial charge on any atom is -0.457 e. The fraction of sp³-hybridized carbons (Fsp3) is 0.643. The minimum atomic E-state index is -1.24. The van der Waals surface area contributed by atoms with Gasteiger partial charge in [-0.15, -0.1) is 22.7 Å². The van der Waals surface area contributed by atoms with Gasteiger partial charge in [-0.2, -0.15) is 0 Å². The van der Waals surface area contributed by atoms with Crippen LogP contribution in [-0.4, -0.2) is 50.2 Å². The number of rotatable bonds is 2. The van der Waals surface area contributed by atoms with Crippen LogP contribution in [0, 0.1) is 31.1 Å². The lowest BCUT2D eigenvalue weighted by Crippen LogP contribution is -2.45. The molecule has 3 heterocycles. The summed E-state index contributed by atoms with van der Waals surface area (Å²) in [4.78, 5) is 36.7. The molecule has 5 atom stereocenters. The predicted molar refractivity (Wildman–Crippen MR) is 148 cm³/mol. The smallest absolute Gasteiger partial charge is 0.309 e. The van der Waals surface area contributed by atoms with Crippen LogP contribution in [0.15, 0.2) is 11.0 Å². The van der Waals surface area contributed by atoms with Crippen LogP contribution in [-0.2, 0) is 27.2 Å². The molecular formula is C28H40N2O5S2. The van der Waals surface area contributed by atoms with E-state index in [1.54, 1.807) is 43.4 Å². The van der Waals surface area contributed by atoms with Crippen molar-refractivity contribution in [3.63, 3.8) is 0 Å². The number of nitrogens with zero attached hydrogens (tertiary/aromatic N) is 2. The molecule has 0 spiro atoms. The van der Waals surface area contributed by atoms with Crippen LogP contribution in [0.2, 0.25) is 0 Å². The topological polar surface area (TPSA) is 110 Å². The number of fused-ring (bicyclic) bond motifs is 1. The molecule has 0 fully saturated rings. The van der Waals surface area contributed by atoms with E-state index in [1.807, 2.05) is 39.2 Å². The Hall–Kier alpha value is -1.94. The first-order valence-electron chi connectivity index (χ1n) is 12.9. The number of Topliss-reactive ketones (excluding diaryl/α,β-unsaturated/α-hetero) is 1. The Morgan fingerprint density at radius 1 is 1.14 bits per heavy atom. The molecule has 0 saturated heterocycles. The van der Waals surface area contributed by atoms with Crippen molar-refractivity contribution in [2.45, 2.75) is 98.9 Å². The quantitative estimate of drug-likeness (QED) is 0.503. The van der Waals surface area contributed by atoms with Crippen LogP contribution in [0.4, 0.5) is 0 Å². The van der Waals surface area contributed by atoms with Gasteiger partial charge < -0.3 is 14.9 Å². The van der Waals surface area contributed by atoms with Crippen molar-refractivity contribution < 1.29 is 24.5 Å². The number of thiazole rings is 2. The maximum atomic E-state index is 13.3. The molecule has 1 aliphatic rings. The van der Waals surface area contributed by atoms with Gasteiger partial charge in [0.05, 0.1) is 45.4 Å². The Bertz CT molecular complexity index is 1140. The zero-order valence-electron chi connectivity index (χ0n) is 22.9. The van der Waals surface area contributed by atoms with Crippen LogP contribution in [0.1, 0.15) is 80.2 Å². The third kappa shape index (κ3) is 7.34. The molecule has 0 amide bonds. The van der Waals surface area contributed by atoms with Gasteiger partial charge in [-0.25, -0.2) is 9.97 Å². The van der Waals surface area contributed by atoms with Crippen LogP contribution < -0.4 is 0 Å². The van der Waals surface area contributed by atoms with Gasteiger partial charge in [-0.3, -0.25) is 9.59 Å². The molecule has 0 bridgehead atoms. The molecule has 7 nitrogen and oxygen atoms in total. The number of cyclic esters (lactones) is 1. The lowest BCUT2D eigenvalue weighted by molar-refractivity contribution is -0.154. The normalized spacial score (nSPS) is 28.6. The summed E-state index contributed by atoms with van der Waals surface area (Å²) in [7, 11) is 0. The molecule has 1 aliphatic heterocycles. The number of aliphatic hydroxyl groups is 2. The molecule has 0 aliphatic carbocycles. The standard InChI is InChI=1S/C28H40N2O5S2/c1-15-9-8-10-21-23(37-19(5)30-21)12-22(16(2)11-20-14-36-18(4)29-20)35-25(32)13-24(31)28(6,7)27(34)17(3)26(15)33/h11,14-15,17,22,24,26,31,33H,8-10,12-13H2,1-7H3/b16-11+/t15-,17-,22-,24+,26-/m1/s1. The lowest BCUT2D eigenvalue weighted by atomic mass is 9.73. The number of carbonyl (C=O) groups excluding carboxylic acids is 2. The van der Waals surface area contributed by atoms with Crippen molar-refractivity contribution in [1.82, 2.24) is 9.97 Å². The van der Waals surface area contributed by atoms with Gasteiger partial charge in [0, 0.05) is 22.6 Å². The molecule has 2 aromatic heterocycles. The summed E-state index contributed by atoms with van der Waals surface area (Å²) in [6.07, 6.45) is 1.79. The molecule has 204 valence electrons. The lowest BCUT2D eigenvalue weighted by Gasteiger charge is -2.34. The number of aromatic nitrogens is 2. The van der Waals surface area contributed by atoms with Crippen molar-refractivity contribution in [2.24, 2.45) is 17.3 Å². The van der Waals surface area contributed by atoms with E-state index in [2.05, 4.69) is 4.98 Å². The van der Waals surface area contributed by atoms with Crippen LogP contribution in [0.5, 0.6) is 0 Å². The Morgan fingerprint density at radius 2 is 1.84 bits per heavy atom. The fourth-order valence-electron chi connectivity index (χ4n) is 4.88. The number of hydrogen-bond donors (Lipinski definition) is 2. The van der Waals surface area contributed by atoms with Crippen LogP contribution >= 0.6 is 22.7 Å². The van der Waals surface area contributed by atoms with E-state index in [1.165, 1.54) is 0 Å². The van der Waals surface area contributed by atoms with Gasteiger partial charge in [-0.05, 0) is 57.6 Å². The number of esters is 1. The van der Waals surface area contributed by atoms with E-state index < -0.39 is 35.6 Å². The highest BCUT2D eigenvalue weighted by Crippen LogP contribution is 2.33. The summed E-state index contributed by atoms with van der Waals surface area (Å²) in [6.45, 7) is 12.8. The second-order valence-corrected chi connectivity index (χ2v) is 13.3. The molecule has 9 heteroatoms. The van der Waals surface area contributed by atoms with Crippen molar-refractivity contribution in [1.29, 1.82) is 0 Å². The zero-order valence-corrected chi connectivity index (χ0v) is 24.5. The van der Waals surface area contributed by atoms with E-state index in [-0.39, 0.29) is 18.1 Å². The largest absolute Gasteiger partial charge is 0.457 e. The molecule has 37 heavy (non-hydrogen) atoms. The van der Waals surface area contributed by atoms with Crippen molar-refractivity contribution >= 4 is 40.5 Å². The van der Waals surface area contributed by atoms with Gasteiger partial charge in [-0.1, -0.05) is 27.7 Å². The molecule has 0 saturated carbocycles. The summed E-state index contributed by atoms with van der Waals surface area (Å²) >= 11 is 3.16. The fourth-order valence-corrected chi connectivity index (χ4v) is 6.47. The van der Waals surface area contributed by atoms with E-state index in [0.717, 1.165) is 51.1 Å². The van der Waals surface area contributed by atoms with Crippen molar-refractivity contribution in [3.8, 4) is 0 Å². The number of hydrogen-bond acceptors (Lipinski definition) is 9. The average molecular weight is 549 g/mol. The SMILES string of the molecule is C/C(=C\c1csc(C)n1)[C@H]1Cc2sc(C)nc2CCC[C@@H](C)[C@@H](O)[C@@H](C)C(=O)C(C)(C)[C@@H](O)CC(=O)O1. The van der Waals surface area contributed by atoms with Crippen molar-refractivity contribution in [3.05, 3.63) is 37.2 Å². The molecule has 0 aromatic carbocycles. The summed E-state index contributed by atoms with van der Waals surface area (Å²) in [5, 5.41) is 25.7. The Labute approximate surface area is 228 Å².